The van der Waals surface area contributed by atoms with Gasteiger partial charge in [-0.15, -0.1) is 0 Å². The first kappa shape index (κ1) is 26.5. The quantitative estimate of drug-likeness (QED) is 0.234. The van der Waals surface area contributed by atoms with Crippen molar-refractivity contribution >= 4 is 17.8 Å². The molecule has 2 heterocycles. The Morgan fingerprint density at radius 2 is 1.66 bits per heavy atom. The van der Waals surface area contributed by atoms with Crippen LogP contribution in [0.15, 0.2) is 0 Å². The van der Waals surface area contributed by atoms with Gasteiger partial charge in [-0.05, 0) is 70.5 Å². The van der Waals surface area contributed by atoms with Crippen LogP contribution in [0.25, 0.3) is 0 Å². The van der Waals surface area contributed by atoms with Gasteiger partial charge in [0, 0.05) is 6.54 Å². The maximum Gasteiger partial charge on any atom is 0.326 e. The van der Waals surface area contributed by atoms with Crippen LogP contribution in [0, 0.1) is 5.92 Å². The van der Waals surface area contributed by atoms with E-state index in [9.17, 15) is 24.6 Å². The van der Waals surface area contributed by atoms with Gasteiger partial charge in [0.1, 0.15) is 12.1 Å². The zero-order chi connectivity index (χ0) is 23.3. The van der Waals surface area contributed by atoms with E-state index in [2.05, 4.69) is 10.6 Å². The number of hydrogen-bond acceptors (Lipinski definition) is 6. The van der Waals surface area contributed by atoms with E-state index in [-0.39, 0.29) is 5.91 Å². The van der Waals surface area contributed by atoms with E-state index in [1.165, 1.54) is 24.2 Å². The summed E-state index contributed by atoms with van der Waals surface area (Å²) in [5.41, 5.74) is 5.58. The summed E-state index contributed by atoms with van der Waals surface area (Å²) in [7, 11) is 0. The largest absolute Gasteiger partial charge is 0.480 e. The van der Waals surface area contributed by atoms with Crippen molar-refractivity contribution in [2.45, 2.75) is 95.2 Å². The minimum Gasteiger partial charge on any atom is -0.480 e. The molecule has 1 amide bonds. The van der Waals surface area contributed by atoms with Gasteiger partial charge in [-0.2, -0.15) is 0 Å². The zero-order valence-corrected chi connectivity index (χ0v) is 19.3. The Labute approximate surface area is 191 Å². The normalized spacial score (nSPS) is 21.4. The van der Waals surface area contributed by atoms with Gasteiger partial charge in [0.2, 0.25) is 5.91 Å². The van der Waals surface area contributed by atoms with E-state index < -0.39 is 30.1 Å². The Hall–Kier alpha value is -1.71. The third kappa shape index (κ3) is 8.67. The molecule has 0 saturated carbocycles. The topological polar surface area (TPSA) is 145 Å². The van der Waals surface area contributed by atoms with Gasteiger partial charge in [0.15, 0.2) is 0 Å². The molecule has 0 radical (unpaired) electrons. The number of nitrogens with one attached hydrogen (secondary N) is 2. The van der Waals surface area contributed by atoms with Crippen molar-refractivity contribution in [1.29, 1.82) is 0 Å². The van der Waals surface area contributed by atoms with E-state index in [0.29, 0.717) is 45.2 Å². The molecule has 3 atom stereocenters. The fourth-order valence-corrected chi connectivity index (χ4v) is 4.91. The van der Waals surface area contributed by atoms with Crippen molar-refractivity contribution in [2.24, 2.45) is 11.7 Å². The first-order chi connectivity index (χ1) is 15.4. The van der Waals surface area contributed by atoms with Gasteiger partial charge in [0.05, 0.1) is 6.04 Å². The SMILES string of the molecule is NCCCC[C@H](NC(CCCCCC1CCNCC1)C(=O)O)C(=O)N1CCC[C@H]1C(=O)O. The summed E-state index contributed by atoms with van der Waals surface area (Å²) in [6.07, 6.45) is 9.95. The van der Waals surface area contributed by atoms with Crippen molar-refractivity contribution in [3.05, 3.63) is 0 Å². The molecule has 2 fully saturated rings. The highest BCUT2D eigenvalue weighted by Gasteiger charge is 2.38. The fraction of sp³-hybridized carbons (Fsp3) is 0.870. The molecule has 0 spiro atoms. The molecule has 184 valence electrons. The predicted molar refractivity (Wildman–Crippen MR) is 122 cm³/mol. The van der Waals surface area contributed by atoms with Gasteiger partial charge in [-0.3, -0.25) is 14.9 Å². The maximum absolute atomic E-state index is 13.1. The zero-order valence-electron chi connectivity index (χ0n) is 19.3. The molecule has 0 aliphatic carbocycles. The standard InChI is InChI=1S/C23H42N4O5/c24-13-5-4-8-18(21(28)27-16-6-10-20(27)23(31)32)26-19(22(29)30)9-3-1-2-7-17-11-14-25-15-12-17/h17-20,25-26H,1-16,24H2,(H,29,30)(H,31,32)/t18-,19?,20-/m0/s1. The Balaban J connectivity index is 1.87. The third-order valence-electron chi connectivity index (χ3n) is 6.83. The summed E-state index contributed by atoms with van der Waals surface area (Å²) in [5, 5.41) is 25.6. The molecular weight excluding hydrogens is 412 g/mol. The highest BCUT2D eigenvalue weighted by molar-refractivity contribution is 5.88. The van der Waals surface area contributed by atoms with Gasteiger partial charge in [-0.1, -0.05) is 32.1 Å². The summed E-state index contributed by atoms with van der Waals surface area (Å²) in [6, 6.07) is -2.33. The van der Waals surface area contributed by atoms with Gasteiger partial charge in [0.25, 0.3) is 0 Å². The first-order valence-electron chi connectivity index (χ1n) is 12.4. The molecule has 2 aliphatic heterocycles. The molecule has 2 aliphatic rings. The second-order valence-electron chi connectivity index (χ2n) is 9.25. The Bertz CT molecular complexity index is 597. The lowest BCUT2D eigenvalue weighted by molar-refractivity contribution is -0.149. The predicted octanol–water partition coefficient (Wildman–Crippen LogP) is 1.55. The van der Waals surface area contributed by atoms with E-state index >= 15 is 0 Å². The van der Waals surface area contributed by atoms with E-state index in [0.717, 1.165) is 44.7 Å². The summed E-state index contributed by atoms with van der Waals surface area (Å²) in [4.78, 5) is 37.9. The van der Waals surface area contributed by atoms with E-state index in [1.807, 2.05) is 0 Å². The number of hydrogen-bond donors (Lipinski definition) is 5. The van der Waals surface area contributed by atoms with Gasteiger partial charge < -0.3 is 26.2 Å². The van der Waals surface area contributed by atoms with Gasteiger partial charge >= 0.3 is 11.9 Å². The Kier molecular flexibility index (Phi) is 12.0. The minimum absolute atomic E-state index is 0.302. The number of piperidine rings is 1. The van der Waals surface area contributed by atoms with Crippen molar-refractivity contribution in [3.63, 3.8) is 0 Å². The molecule has 9 heteroatoms. The number of unbranched alkanes of at least 4 members (excludes halogenated alkanes) is 3. The Morgan fingerprint density at radius 3 is 2.31 bits per heavy atom. The number of aliphatic carboxylic acids is 2. The molecule has 0 aromatic rings. The molecule has 2 saturated heterocycles. The Morgan fingerprint density at radius 1 is 0.969 bits per heavy atom. The number of amides is 1. The van der Waals surface area contributed by atoms with Crippen LogP contribution in [0.4, 0.5) is 0 Å². The summed E-state index contributed by atoms with van der Waals surface area (Å²) >= 11 is 0. The molecule has 6 N–H and O–H groups in total. The van der Waals surface area contributed by atoms with Crippen LogP contribution in [-0.4, -0.2) is 77.3 Å². The molecule has 1 unspecified atom stereocenters. The molecule has 9 nitrogen and oxygen atoms in total. The van der Waals surface area contributed by atoms with Crippen LogP contribution in [0.3, 0.4) is 0 Å². The number of rotatable bonds is 15. The number of carboxylic acids is 2. The molecule has 2 rings (SSSR count). The van der Waals surface area contributed by atoms with Crippen LogP contribution < -0.4 is 16.4 Å². The van der Waals surface area contributed by atoms with E-state index in [1.54, 1.807) is 0 Å². The molecule has 0 aromatic carbocycles. The molecule has 0 bridgehead atoms. The smallest absolute Gasteiger partial charge is 0.326 e. The summed E-state index contributed by atoms with van der Waals surface area (Å²) in [5.74, 6) is -1.49. The number of nitrogens with two attached hydrogens (primary N) is 1. The lowest BCUT2D eigenvalue weighted by Gasteiger charge is -2.29. The average molecular weight is 455 g/mol. The fourth-order valence-electron chi connectivity index (χ4n) is 4.91. The maximum atomic E-state index is 13.1. The first-order valence-corrected chi connectivity index (χ1v) is 12.4. The third-order valence-corrected chi connectivity index (χ3v) is 6.83. The number of carbonyl (C=O) groups excluding carboxylic acids is 1. The van der Waals surface area contributed by atoms with Crippen LogP contribution in [0.1, 0.15) is 77.0 Å². The van der Waals surface area contributed by atoms with Crippen molar-refractivity contribution in [1.82, 2.24) is 15.5 Å². The van der Waals surface area contributed by atoms with Crippen LogP contribution >= 0.6 is 0 Å². The lowest BCUT2D eigenvalue weighted by Crippen LogP contribution is -2.54. The average Bonchev–Trinajstić information content (AvgIpc) is 3.27. The number of likely N-dealkylation sites (tertiary alicyclic amines) is 1. The monoisotopic (exact) mass is 454 g/mol. The molecule has 32 heavy (non-hydrogen) atoms. The van der Waals surface area contributed by atoms with Crippen LogP contribution in [0.2, 0.25) is 0 Å². The van der Waals surface area contributed by atoms with Gasteiger partial charge in [-0.25, -0.2) is 4.79 Å². The number of carboxylic acid groups (broad SMARTS) is 2. The molecular formula is C23H42N4O5. The van der Waals surface area contributed by atoms with Crippen molar-refractivity contribution in [2.75, 3.05) is 26.2 Å². The number of carbonyl (C=O) groups is 3. The highest BCUT2D eigenvalue weighted by Crippen LogP contribution is 2.22. The van der Waals surface area contributed by atoms with Crippen LogP contribution in [0.5, 0.6) is 0 Å². The summed E-state index contributed by atoms with van der Waals surface area (Å²) < 4.78 is 0. The highest BCUT2D eigenvalue weighted by atomic mass is 16.4. The van der Waals surface area contributed by atoms with Crippen LogP contribution in [-0.2, 0) is 14.4 Å². The molecule has 0 aromatic heterocycles. The summed E-state index contributed by atoms with van der Waals surface area (Å²) in [6.45, 7) is 3.09. The lowest BCUT2D eigenvalue weighted by atomic mass is 9.92. The van der Waals surface area contributed by atoms with Crippen molar-refractivity contribution < 1.29 is 24.6 Å². The minimum atomic E-state index is -1.000. The van der Waals surface area contributed by atoms with E-state index in [4.69, 9.17) is 5.73 Å². The van der Waals surface area contributed by atoms with Crippen molar-refractivity contribution in [3.8, 4) is 0 Å². The second kappa shape index (κ2) is 14.4. The second-order valence-corrected chi connectivity index (χ2v) is 9.25. The number of nitrogens with zero attached hydrogens (tertiary/aromatic N) is 1.